The van der Waals surface area contributed by atoms with Gasteiger partial charge in [-0.3, -0.25) is 0 Å². The van der Waals surface area contributed by atoms with Gasteiger partial charge in [0.05, 0.1) is 6.10 Å². The fraction of sp³-hybridized carbons (Fsp3) is 1.00. The van der Waals surface area contributed by atoms with Gasteiger partial charge in [0.15, 0.2) is 0 Å². The molecule has 0 bridgehead atoms. The molecule has 0 saturated carbocycles. The normalized spacial score (nSPS) is 30.8. The van der Waals surface area contributed by atoms with Gasteiger partial charge in [-0.15, -0.1) is 0 Å². The molecular weight excluding hydrogens is 270 g/mol. The third-order valence-electron chi connectivity index (χ3n) is 3.96. The summed E-state index contributed by atoms with van der Waals surface area (Å²) in [6, 6.07) is 0. The van der Waals surface area contributed by atoms with E-state index in [-0.39, 0.29) is 0 Å². The van der Waals surface area contributed by atoms with Gasteiger partial charge in [0.25, 0.3) is 0 Å². The van der Waals surface area contributed by atoms with Crippen molar-refractivity contribution in [2.45, 2.75) is 25.4 Å². The molecule has 0 amide bonds. The first kappa shape index (κ1) is 12.8. The number of hydrogen-bond acceptors (Lipinski definition) is 3. The number of ether oxygens (including phenoxy) is 2. The highest BCUT2D eigenvalue weighted by Gasteiger charge is 2.35. The molecule has 1 atom stereocenters. The Kier molecular flexibility index (Phi) is 4.65. The highest BCUT2D eigenvalue weighted by Crippen LogP contribution is 2.34. The van der Waals surface area contributed by atoms with E-state index in [9.17, 15) is 0 Å². The van der Waals surface area contributed by atoms with Crippen LogP contribution in [0.3, 0.4) is 0 Å². The van der Waals surface area contributed by atoms with E-state index in [0.717, 1.165) is 25.1 Å². The predicted molar refractivity (Wildman–Crippen MR) is 68.1 cm³/mol. The molecule has 94 valence electrons. The van der Waals surface area contributed by atoms with Crippen LogP contribution in [0.25, 0.3) is 0 Å². The number of alkyl halides is 1. The van der Waals surface area contributed by atoms with Crippen molar-refractivity contribution in [3.63, 3.8) is 0 Å². The first-order valence-corrected chi connectivity index (χ1v) is 7.29. The Morgan fingerprint density at radius 3 is 2.75 bits per heavy atom. The molecule has 3 nitrogen and oxygen atoms in total. The van der Waals surface area contributed by atoms with Gasteiger partial charge in [0, 0.05) is 45.3 Å². The molecule has 2 aliphatic rings. The number of nitrogens with zero attached hydrogens (tertiary/aromatic N) is 1. The van der Waals surface area contributed by atoms with Gasteiger partial charge in [-0.2, -0.15) is 0 Å². The van der Waals surface area contributed by atoms with Gasteiger partial charge >= 0.3 is 0 Å². The van der Waals surface area contributed by atoms with E-state index in [1.807, 2.05) is 7.11 Å². The zero-order valence-electron chi connectivity index (χ0n) is 10.1. The summed E-state index contributed by atoms with van der Waals surface area (Å²) in [7, 11) is 1.82. The molecule has 2 fully saturated rings. The lowest BCUT2D eigenvalue weighted by atomic mass is 9.82. The Morgan fingerprint density at radius 1 is 1.44 bits per heavy atom. The fourth-order valence-corrected chi connectivity index (χ4v) is 3.48. The van der Waals surface area contributed by atoms with Crippen molar-refractivity contribution >= 4 is 15.9 Å². The van der Waals surface area contributed by atoms with Crippen LogP contribution in [-0.4, -0.2) is 56.3 Å². The van der Waals surface area contributed by atoms with Crippen LogP contribution in [-0.2, 0) is 9.47 Å². The summed E-state index contributed by atoms with van der Waals surface area (Å²) in [6.07, 6.45) is 4.01. The lowest BCUT2D eigenvalue weighted by Gasteiger charge is -2.38. The Morgan fingerprint density at radius 2 is 2.19 bits per heavy atom. The smallest absolute Gasteiger partial charge is 0.0710 e. The number of likely N-dealkylation sites (tertiary alicyclic amines) is 1. The summed E-state index contributed by atoms with van der Waals surface area (Å²) in [5.74, 6) is 0. The Hall–Kier alpha value is 0.360. The van der Waals surface area contributed by atoms with E-state index in [1.165, 1.54) is 32.4 Å². The average Bonchev–Trinajstić information content (AvgIpc) is 2.78. The summed E-state index contributed by atoms with van der Waals surface area (Å²) in [6.45, 7) is 5.34. The largest absolute Gasteiger partial charge is 0.381 e. The molecule has 1 unspecified atom stereocenters. The number of hydrogen-bond donors (Lipinski definition) is 0. The first-order valence-electron chi connectivity index (χ1n) is 6.17. The minimum atomic E-state index is 0.431. The zero-order valence-corrected chi connectivity index (χ0v) is 11.7. The van der Waals surface area contributed by atoms with Crippen LogP contribution in [0.4, 0.5) is 0 Å². The third-order valence-corrected chi connectivity index (χ3v) is 5.15. The maximum Gasteiger partial charge on any atom is 0.0710 e. The molecule has 0 aromatic carbocycles. The van der Waals surface area contributed by atoms with Crippen molar-refractivity contribution in [3.8, 4) is 0 Å². The topological polar surface area (TPSA) is 21.7 Å². The summed E-state index contributed by atoms with van der Waals surface area (Å²) >= 11 is 3.69. The highest BCUT2D eigenvalue weighted by atomic mass is 79.9. The third kappa shape index (κ3) is 2.97. The van der Waals surface area contributed by atoms with E-state index < -0.39 is 0 Å². The minimum Gasteiger partial charge on any atom is -0.381 e. The predicted octanol–water partition coefficient (Wildman–Crippen LogP) is 1.90. The van der Waals surface area contributed by atoms with Gasteiger partial charge in [-0.25, -0.2) is 0 Å². The molecule has 0 spiro atoms. The quantitative estimate of drug-likeness (QED) is 0.739. The molecule has 0 N–H and O–H groups in total. The van der Waals surface area contributed by atoms with Crippen LogP contribution in [0, 0.1) is 5.41 Å². The molecule has 0 aromatic heterocycles. The summed E-state index contributed by atoms with van der Waals surface area (Å²) < 4.78 is 10.9. The number of methoxy groups -OCH3 is 1. The molecule has 2 heterocycles. The standard InChI is InChI=1S/C12H22BrNO2/c1-15-11-2-5-14(8-11)10-12(9-13)3-6-16-7-4-12/h11H,2-10H2,1H3. The van der Waals surface area contributed by atoms with E-state index >= 15 is 0 Å². The maximum absolute atomic E-state index is 5.47. The molecule has 2 rings (SSSR count). The van der Waals surface area contributed by atoms with Crippen molar-refractivity contribution in [1.29, 1.82) is 0 Å². The van der Waals surface area contributed by atoms with E-state index in [2.05, 4.69) is 20.8 Å². The first-order chi connectivity index (χ1) is 7.78. The molecule has 2 saturated heterocycles. The molecular formula is C12H22BrNO2. The van der Waals surface area contributed by atoms with Crippen LogP contribution < -0.4 is 0 Å². The Balaban J connectivity index is 1.86. The second-order valence-corrected chi connectivity index (χ2v) is 5.69. The van der Waals surface area contributed by atoms with Gasteiger partial charge in [-0.1, -0.05) is 15.9 Å². The van der Waals surface area contributed by atoms with Gasteiger partial charge in [0.2, 0.25) is 0 Å². The summed E-state index contributed by atoms with van der Waals surface area (Å²) in [4.78, 5) is 2.56. The van der Waals surface area contributed by atoms with Crippen molar-refractivity contribution in [2.75, 3.05) is 45.3 Å². The molecule has 4 heteroatoms. The van der Waals surface area contributed by atoms with Crippen molar-refractivity contribution in [2.24, 2.45) is 5.41 Å². The van der Waals surface area contributed by atoms with Gasteiger partial charge in [0.1, 0.15) is 0 Å². The van der Waals surface area contributed by atoms with Gasteiger partial charge in [-0.05, 0) is 24.7 Å². The average molecular weight is 292 g/mol. The van der Waals surface area contributed by atoms with E-state index in [1.54, 1.807) is 0 Å². The second-order valence-electron chi connectivity index (χ2n) is 5.13. The molecule has 0 radical (unpaired) electrons. The molecule has 0 aromatic rings. The highest BCUT2D eigenvalue weighted by molar-refractivity contribution is 9.09. The van der Waals surface area contributed by atoms with Crippen molar-refractivity contribution in [1.82, 2.24) is 4.90 Å². The zero-order chi connectivity index (χ0) is 11.4. The molecule has 0 aliphatic carbocycles. The van der Waals surface area contributed by atoms with Gasteiger partial charge < -0.3 is 14.4 Å². The Labute approximate surface area is 107 Å². The van der Waals surface area contributed by atoms with Crippen LogP contribution in [0.2, 0.25) is 0 Å². The van der Waals surface area contributed by atoms with Crippen LogP contribution in [0.5, 0.6) is 0 Å². The number of halogens is 1. The second kappa shape index (κ2) is 5.80. The summed E-state index contributed by atoms with van der Waals surface area (Å²) in [5.41, 5.74) is 0.431. The van der Waals surface area contributed by atoms with E-state index in [4.69, 9.17) is 9.47 Å². The summed E-state index contributed by atoms with van der Waals surface area (Å²) in [5, 5.41) is 1.09. The minimum absolute atomic E-state index is 0.431. The SMILES string of the molecule is COC1CCN(CC2(CBr)CCOCC2)C1. The number of rotatable bonds is 4. The lowest BCUT2D eigenvalue weighted by Crippen LogP contribution is -2.42. The molecule has 16 heavy (non-hydrogen) atoms. The van der Waals surface area contributed by atoms with Crippen LogP contribution in [0.15, 0.2) is 0 Å². The van der Waals surface area contributed by atoms with Crippen molar-refractivity contribution in [3.05, 3.63) is 0 Å². The lowest BCUT2D eigenvalue weighted by molar-refractivity contribution is 0.00897. The van der Waals surface area contributed by atoms with Crippen molar-refractivity contribution < 1.29 is 9.47 Å². The molecule has 2 aliphatic heterocycles. The Bertz CT molecular complexity index is 219. The monoisotopic (exact) mass is 291 g/mol. The van der Waals surface area contributed by atoms with Crippen LogP contribution in [0.1, 0.15) is 19.3 Å². The fourth-order valence-electron chi connectivity index (χ4n) is 2.75. The van der Waals surface area contributed by atoms with Crippen LogP contribution >= 0.6 is 15.9 Å². The maximum atomic E-state index is 5.47. The van der Waals surface area contributed by atoms with E-state index in [0.29, 0.717) is 11.5 Å².